The van der Waals surface area contributed by atoms with Crippen molar-refractivity contribution >= 4 is 35.6 Å². The number of guanidine groups is 1. The predicted octanol–water partition coefficient (Wildman–Crippen LogP) is 4.32. The lowest BCUT2D eigenvalue weighted by Gasteiger charge is -2.24. The second-order valence-corrected chi connectivity index (χ2v) is 7.22. The van der Waals surface area contributed by atoms with Crippen LogP contribution in [0.1, 0.15) is 36.3 Å². The Kier molecular flexibility index (Phi) is 7.46. The van der Waals surface area contributed by atoms with Crippen LogP contribution in [0.2, 0.25) is 0 Å². The largest absolute Gasteiger partial charge is 0.497 e. The summed E-state index contributed by atoms with van der Waals surface area (Å²) in [5.74, 6) is 3.23. The van der Waals surface area contributed by atoms with Crippen molar-refractivity contribution in [3.8, 4) is 17.2 Å². The molecule has 0 bridgehead atoms. The van der Waals surface area contributed by atoms with Gasteiger partial charge in [0.15, 0.2) is 17.5 Å². The van der Waals surface area contributed by atoms with Crippen LogP contribution in [-0.2, 0) is 6.42 Å². The number of anilines is 1. The molecular weight excluding hydrogens is 481 g/mol. The van der Waals surface area contributed by atoms with Crippen molar-refractivity contribution in [2.45, 2.75) is 31.6 Å². The summed E-state index contributed by atoms with van der Waals surface area (Å²) < 4.78 is 16.7. The van der Waals surface area contributed by atoms with E-state index in [2.05, 4.69) is 22.4 Å². The average Bonchev–Trinajstić information content (AvgIpc) is 2.96. The summed E-state index contributed by atoms with van der Waals surface area (Å²) >= 11 is 0. The molecule has 2 aromatic carbocycles. The number of ether oxygens (including phenoxy) is 3. The predicted molar refractivity (Wildman–Crippen MR) is 126 cm³/mol. The Bertz CT molecular complexity index is 872. The summed E-state index contributed by atoms with van der Waals surface area (Å²) in [5, 5.41) is 3.17. The average molecular weight is 509 g/mol. The zero-order valence-corrected chi connectivity index (χ0v) is 19.0. The van der Waals surface area contributed by atoms with Crippen LogP contribution in [-0.4, -0.2) is 32.8 Å². The van der Waals surface area contributed by atoms with Crippen molar-refractivity contribution in [3.63, 3.8) is 0 Å². The van der Waals surface area contributed by atoms with Gasteiger partial charge in [-0.25, -0.2) is 0 Å². The van der Waals surface area contributed by atoms with Crippen LogP contribution in [0.15, 0.2) is 41.4 Å². The fraction of sp³-hybridized carbons (Fsp3) is 0.409. The molecule has 156 valence electrons. The topological polar surface area (TPSA) is 78.1 Å². The summed E-state index contributed by atoms with van der Waals surface area (Å²) in [6.07, 6.45) is 4.27. The molecule has 1 heterocycles. The number of nitrogens with two attached hydrogens (primary N) is 1. The molecule has 1 aliphatic carbocycles. The Balaban J connectivity index is 0.00000240. The fourth-order valence-corrected chi connectivity index (χ4v) is 3.84. The number of hydrogen-bond donors (Lipinski definition) is 2. The Morgan fingerprint density at radius 1 is 1.14 bits per heavy atom. The molecule has 0 fully saturated rings. The van der Waals surface area contributed by atoms with E-state index < -0.39 is 0 Å². The van der Waals surface area contributed by atoms with Gasteiger partial charge >= 0.3 is 0 Å². The summed E-state index contributed by atoms with van der Waals surface area (Å²) in [5.41, 5.74) is 9.71. The van der Waals surface area contributed by atoms with Gasteiger partial charge < -0.3 is 25.3 Å². The minimum absolute atomic E-state index is 0. The number of nitrogens with one attached hydrogen (secondary N) is 1. The highest BCUT2D eigenvalue weighted by Crippen LogP contribution is 2.34. The number of rotatable bonds is 4. The smallest absolute Gasteiger partial charge is 0.193 e. The minimum atomic E-state index is 0. The van der Waals surface area contributed by atoms with Gasteiger partial charge in [0.2, 0.25) is 0 Å². The molecule has 4 rings (SSSR count). The second-order valence-electron chi connectivity index (χ2n) is 7.22. The van der Waals surface area contributed by atoms with Crippen LogP contribution < -0.4 is 25.3 Å². The summed E-state index contributed by atoms with van der Waals surface area (Å²) in [7, 11) is 1.71. The van der Waals surface area contributed by atoms with Crippen LogP contribution >= 0.6 is 24.0 Å². The van der Waals surface area contributed by atoms with Gasteiger partial charge in [-0.05, 0) is 54.7 Å². The SMILES string of the molecule is COc1ccc2c(c1)CCCC2CN=C(N)Nc1ccc2c(c1)OCCCO2.I. The van der Waals surface area contributed by atoms with E-state index in [0.29, 0.717) is 31.6 Å². The van der Waals surface area contributed by atoms with Crippen LogP contribution in [0.25, 0.3) is 0 Å². The molecule has 0 spiro atoms. The number of halogens is 1. The number of aryl methyl sites for hydroxylation is 1. The zero-order chi connectivity index (χ0) is 19.3. The van der Waals surface area contributed by atoms with Gasteiger partial charge in [-0.15, -0.1) is 24.0 Å². The molecule has 0 amide bonds. The summed E-state index contributed by atoms with van der Waals surface area (Å²) in [4.78, 5) is 4.60. The van der Waals surface area contributed by atoms with Gasteiger partial charge in [-0.2, -0.15) is 0 Å². The van der Waals surface area contributed by atoms with E-state index in [4.69, 9.17) is 19.9 Å². The Morgan fingerprint density at radius 2 is 1.97 bits per heavy atom. The highest BCUT2D eigenvalue weighted by molar-refractivity contribution is 14.0. The van der Waals surface area contributed by atoms with E-state index in [-0.39, 0.29) is 24.0 Å². The third kappa shape index (κ3) is 5.26. The molecule has 1 unspecified atom stereocenters. The number of nitrogens with zero attached hydrogens (tertiary/aromatic N) is 1. The molecule has 7 heteroatoms. The standard InChI is InChI=1S/C22H27N3O3.HI/c1-26-18-7-8-19-15(12-18)4-2-5-16(19)14-24-22(23)25-17-6-9-20-21(13-17)28-11-3-10-27-20;/h6-9,12-13,16H,2-5,10-11,14H2,1H3,(H3,23,24,25);1H. The van der Waals surface area contributed by atoms with Gasteiger partial charge in [-0.1, -0.05) is 6.07 Å². The molecule has 29 heavy (non-hydrogen) atoms. The van der Waals surface area contributed by atoms with Crippen LogP contribution in [0.5, 0.6) is 17.2 Å². The minimum Gasteiger partial charge on any atom is -0.497 e. The maximum absolute atomic E-state index is 6.14. The van der Waals surface area contributed by atoms with Gasteiger partial charge in [0.25, 0.3) is 0 Å². The molecule has 0 aromatic heterocycles. The first-order valence-electron chi connectivity index (χ1n) is 9.86. The number of fused-ring (bicyclic) bond motifs is 2. The monoisotopic (exact) mass is 509 g/mol. The molecule has 2 aromatic rings. The van der Waals surface area contributed by atoms with E-state index in [9.17, 15) is 0 Å². The van der Waals surface area contributed by atoms with Crippen molar-refractivity contribution in [3.05, 3.63) is 47.5 Å². The van der Waals surface area contributed by atoms with Crippen LogP contribution in [0, 0.1) is 0 Å². The van der Waals surface area contributed by atoms with Gasteiger partial charge in [0.05, 0.1) is 20.3 Å². The lowest BCUT2D eigenvalue weighted by Crippen LogP contribution is -2.24. The molecular formula is C22H28IN3O3. The lowest BCUT2D eigenvalue weighted by atomic mass is 9.83. The van der Waals surface area contributed by atoms with Crippen molar-refractivity contribution in [1.29, 1.82) is 0 Å². The van der Waals surface area contributed by atoms with Gasteiger partial charge in [-0.3, -0.25) is 4.99 Å². The van der Waals surface area contributed by atoms with Crippen LogP contribution in [0.3, 0.4) is 0 Å². The van der Waals surface area contributed by atoms with E-state index in [1.807, 2.05) is 24.3 Å². The quantitative estimate of drug-likeness (QED) is 0.365. The normalized spacial score (nSPS) is 18.1. The van der Waals surface area contributed by atoms with Crippen molar-refractivity contribution < 1.29 is 14.2 Å². The number of methoxy groups -OCH3 is 1. The highest BCUT2D eigenvalue weighted by Gasteiger charge is 2.20. The molecule has 3 N–H and O–H groups in total. The first-order valence-corrected chi connectivity index (χ1v) is 9.86. The number of aliphatic imine (C=N–C) groups is 1. The van der Waals surface area contributed by atoms with Crippen molar-refractivity contribution in [1.82, 2.24) is 0 Å². The Morgan fingerprint density at radius 3 is 2.79 bits per heavy atom. The van der Waals surface area contributed by atoms with Crippen molar-refractivity contribution in [2.24, 2.45) is 10.7 Å². The molecule has 0 radical (unpaired) electrons. The van der Waals surface area contributed by atoms with Gasteiger partial charge in [0, 0.05) is 30.6 Å². The maximum Gasteiger partial charge on any atom is 0.193 e. The molecule has 0 saturated heterocycles. The fourth-order valence-electron chi connectivity index (χ4n) is 3.84. The summed E-state index contributed by atoms with van der Waals surface area (Å²) in [6, 6.07) is 12.1. The highest BCUT2D eigenvalue weighted by atomic mass is 127. The van der Waals surface area contributed by atoms with Crippen molar-refractivity contribution in [2.75, 3.05) is 32.2 Å². The molecule has 0 saturated carbocycles. The van der Waals surface area contributed by atoms with E-state index >= 15 is 0 Å². The lowest BCUT2D eigenvalue weighted by molar-refractivity contribution is 0.297. The molecule has 6 nitrogen and oxygen atoms in total. The van der Waals surface area contributed by atoms with E-state index in [1.165, 1.54) is 11.1 Å². The first kappa shape index (κ1) is 21.5. The third-order valence-electron chi connectivity index (χ3n) is 5.29. The first-order chi connectivity index (χ1) is 13.7. The Labute approximate surface area is 188 Å². The van der Waals surface area contributed by atoms with E-state index in [1.54, 1.807) is 7.11 Å². The number of benzene rings is 2. The van der Waals surface area contributed by atoms with Gasteiger partial charge in [0.1, 0.15) is 5.75 Å². The molecule has 1 atom stereocenters. The zero-order valence-electron chi connectivity index (χ0n) is 16.6. The molecule has 2 aliphatic rings. The Hall–Kier alpha value is -2.16. The third-order valence-corrected chi connectivity index (χ3v) is 5.29. The second kappa shape index (κ2) is 10.0. The number of hydrogen-bond acceptors (Lipinski definition) is 4. The molecule has 1 aliphatic heterocycles. The maximum atomic E-state index is 6.14. The van der Waals surface area contributed by atoms with Crippen LogP contribution in [0.4, 0.5) is 5.69 Å². The summed E-state index contributed by atoms with van der Waals surface area (Å²) in [6.45, 7) is 2.01. The van der Waals surface area contributed by atoms with E-state index in [0.717, 1.165) is 48.6 Å².